The number of thioether (sulfide) groups is 1. The number of aromatic nitrogens is 1. The SMILES string of the molecule is Cc1cnc(SC2COC2)c(Br)c1. The van der Waals surface area contributed by atoms with Gasteiger partial charge in [-0.2, -0.15) is 0 Å². The molecule has 0 bridgehead atoms. The molecule has 0 saturated carbocycles. The van der Waals surface area contributed by atoms with Crippen LogP contribution in [0, 0.1) is 6.92 Å². The summed E-state index contributed by atoms with van der Waals surface area (Å²) in [6.07, 6.45) is 1.90. The van der Waals surface area contributed by atoms with E-state index in [-0.39, 0.29) is 0 Å². The normalized spacial score (nSPS) is 17.1. The Labute approximate surface area is 90.2 Å². The largest absolute Gasteiger partial charge is 0.379 e. The minimum Gasteiger partial charge on any atom is -0.379 e. The molecule has 0 atom stereocenters. The number of rotatable bonds is 2. The van der Waals surface area contributed by atoms with E-state index in [2.05, 4.69) is 27.0 Å². The van der Waals surface area contributed by atoms with Crippen molar-refractivity contribution in [2.75, 3.05) is 13.2 Å². The van der Waals surface area contributed by atoms with Crippen LogP contribution in [0.2, 0.25) is 0 Å². The van der Waals surface area contributed by atoms with Crippen LogP contribution >= 0.6 is 27.7 Å². The van der Waals surface area contributed by atoms with Crippen LogP contribution < -0.4 is 0 Å². The van der Waals surface area contributed by atoms with Crippen molar-refractivity contribution < 1.29 is 4.74 Å². The average Bonchev–Trinajstić information content (AvgIpc) is 1.99. The van der Waals surface area contributed by atoms with Gasteiger partial charge in [-0.25, -0.2) is 4.98 Å². The fourth-order valence-corrected chi connectivity index (χ4v) is 2.72. The first-order valence-electron chi connectivity index (χ1n) is 4.12. The van der Waals surface area contributed by atoms with E-state index in [1.54, 1.807) is 11.8 Å². The van der Waals surface area contributed by atoms with Crippen LogP contribution in [0.15, 0.2) is 21.8 Å². The van der Waals surface area contributed by atoms with E-state index < -0.39 is 0 Å². The van der Waals surface area contributed by atoms with E-state index >= 15 is 0 Å². The third-order valence-electron chi connectivity index (χ3n) is 1.83. The standard InChI is InChI=1S/C9H10BrNOS/c1-6-2-8(10)9(11-3-6)13-7-4-12-5-7/h2-3,7H,4-5H2,1H3. The molecule has 13 heavy (non-hydrogen) atoms. The molecule has 0 aromatic carbocycles. The Balaban J connectivity index is 2.10. The summed E-state index contributed by atoms with van der Waals surface area (Å²) in [6.45, 7) is 3.75. The lowest BCUT2D eigenvalue weighted by atomic mass is 10.3. The van der Waals surface area contributed by atoms with Crippen molar-refractivity contribution in [3.8, 4) is 0 Å². The third kappa shape index (κ3) is 2.24. The maximum absolute atomic E-state index is 5.11. The average molecular weight is 260 g/mol. The Bertz CT molecular complexity index is 314. The molecule has 2 heterocycles. The zero-order valence-corrected chi connectivity index (χ0v) is 9.69. The zero-order chi connectivity index (χ0) is 9.26. The highest BCUT2D eigenvalue weighted by Gasteiger charge is 2.21. The molecule has 70 valence electrons. The molecule has 1 fully saturated rings. The molecule has 0 radical (unpaired) electrons. The Kier molecular flexibility index (Phi) is 2.91. The Hall–Kier alpha value is -0.0600. The van der Waals surface area contributed by atoms with Crippen LogP contribution in [0.5, 0.6) is 0 Å². The smallest absolute Gasteiger partial charge is 0.111 e. The number of aryl methyl sites for hydroxylation is 1. The third-order valence-corrected chi connectivity index (χ3v) is 3.85. The lowest BCUT2D eigenvalue weighted by molar-refractivity contribution is 0.0454. The van der Waals surface area contributed by atoms with Crippen LogP contribution in [-0.2, 0) is 4.74 Å². The van der Waals surface area contributed by atoms with E-state index in [0.717, 1.165) is 22.7 Å². The van der Waals surface area contributed by atoms with Crippen molar-refractivity contribution >= 4 is 27.7 Å². The van der Waals surface area contributed by atoms with Crippen LogP contribution in [0.3, 0.4) is 0 Å². The highest BCUT2D eigenvalue weighted by atomic mass is 79.9. The van der Waals surface area contributed by atoms with E-state index in [9.17, 15) is 0 Å². The molecule has 1 aromatic rings. The maximum Gasteiger partial charge on any atom is 0.111 e. The Morgan fingerprint density at radius 3 is 2.92 bits per heavy atom. The molecule has 0 unspecified atom stereocenters. The molecule has 1 aliphatic heterocycles. The number of nitrogens with zero attached hydrogens (tertiary/aromatic N) is 1. The minimum absolute atomic E-state index is 0.589. The molecule has 2 rings (SSSR count). The second kappa shape index (κ2) is 3.98. The van der Waals surface area contributed by atoms with Crippen molar-refractivity contribution in [3.63, 3.8) is 0 Å². The van der Waals surface area contributed by atoms with Crippen LogP contribution in [0.25, 0.3) is 0 Å². The van der Waals surface area contributed by atoms with E-state index in [0.29, 0.717) is 5.25 Å². The highest BCUT2D eigenvalue weighted by Crippen LogP contribution is 2.31. The van der Waals surface area contributed by atoms with Gasteiger partial charge >= 0.3 is 0 Å². The van der Waals surface area contributed by atoms with Gasteiger partial charge in [-0.05, 0) is 34.5 Å². The first-order valence-corrected chi connectivity index (χ1v) is 5.79. The summed E-state index contributed by atoms with van der Waals surface area (Å²) in [5, 5.41) is 1.66. The number of halogens is 1. The number of hydrogen-bond acceptors (Lipinski definition) is 3. The van der Waals surface area contributed by atoms with Crippen molar-refractivity contribution in [2.45, 2.75) is 17.2 Å². The molecule has 0 aliphatic carbocycles. The molecule has 0 N–H and O–H groups in total. The summed E-state index contributed by atoms with van der Waals surface area (Å²) < 4.78 is 6.19. The van der Waals surface area contributed by atoms with Gasteiger partial charge in [0.25, 0.3) is 0 Å². The van der Waals surface area contributed by atoms with Crippen LogP contribution in [0.1, 0.15) is 5.56 Å². The maximum atomic E-state index is 5.11. The zero-order valence-electron chi connectivity index (χ0n) is 7.29. The van der Waals surface area contributed by atoms with Gasteiger partial charge in [0.15, 0.2) is 0 Å². The summed E-state index contributed by atoms with van der Waals surface area (Å²) >= 11 is 5.29. The molecule has 4 heteroatoms. The van der Waals surface area contributed by atoms with E-state index in [1.165, 1.54) is 5.56 Å². The molecule has 0 amide bonds. The molecular formula is C9H10BrNOS. The summed E-state index contributed by atoms with van der Waals surface area (Å²) in [4.78, 5) is 4.36. The highest BCUT2D eigenvalue weighted by molar-refractivity contribution is 9.10. The van der Waals surface area contributed by atoms with Crippen molar-refractivity contribution in [1.82, 2.24) is 4.98 Å². The van der Waals surface area contributed by atoms with Gasteiger partial charge in [-0.15, -0.1) is 0 Å². The van der Waals surface area contributed by atoms with Gasteiger partial charge in [0.1, 0.15) is 5.03 Å². The molecular weight excluding hydrogens is 250 g/mol. The van der Waals surface area contributed by atoms with Crippen molar-refractivity contribution in [2.24, 2.45) is 0 Å². The van der Waals surface area contributed by atoms with Gasteiger partial charge in [0.05, 0.1) is 22.9 Å². The first-order chi connectivity index (χ1) is 6.25. The van der Waals surface area contributed by atoms with Gasteiger partial charge in [-0.1, -0.05) is 11.8 Å². The lowest BCUT2D eigenvalue weighted by Gasteiger charge is -2.24. The second-order valence-corrected chi connectivity index (χ2v) is 5.22. The molecule has 1 aliphatic rings. The first kappa shape index (κ1) is 9.49. The number of ether oxygens (including phenoxy) is 1. The lowest BCUT2D eigenvalue weighted by Crippen LogP contribution is -2.30. The molecule has 1 aromatic heterocycles. The minimum atomic E-state index is 0.589. The summed E-state index contributed by atoms with van der Waals surface area (Å²) in [7, 11) is 0. The summed E-state index contributed by atoms with van der Waals surface area (Å²) in [5.74, 6) is 0. The summed E-state index contributed by atoms with van der Waals surface area (Å²) in [6, 6.07) is 2.09. The quantitative estimate of drug-likeness (QED) is 0.816. The number of hydrogen-bond donors (Lipinski definition) is 0. The van der Waals surface area contributed by atoms with E-state index in [1.807, 2.05) is 13.1 Å². The predicted molar refractivity (Wildman–Crippen MR) is 57.1 cm³/mol. The Morgan fingerprint density at radius 2 is 2.38 bits per heavy atom. The Morgan fingerprint density at radius 1 is 1.62 bits per heavy atom. The van der Waals surface area contributed by atoms with Crippen molar-refractivity contribution in [3.05, 3.63) is 22.3 Å². The molecule has 1 saturated heterocycles. The van der Waals surface area contributed by atoms with E-state index in [4.69, 9.17) is 4.74 Å². The molecule has 2 nitrogen and oxygen atoms in total. The van der Waals surface area contributed by atoms with Gasteiger partial charge in [0, 0.05) is 6.20 Å². The van der Waals surface area contributed by atoms with Crippen molar-refractivity contribution in [1.29, 1.82) is 0 Å². The fourth-order valence-electron chi connectivity index (χ4n) is 1.05. The van der Waals surface area contributed by atoms with Crippen LogP contribution in [0.4, 0.5) is 0 Å². The van der Waals surface area contributed by atoms with Gasteiger partial charge in [0.2, 0.25) is 0 Å². The molecule has 0 spiro atoms. The fraction of sp³-hybridized carbons (Fsp3) is 0.444. The topological polar surface area (TPSA) is 22.1 Å². The summed E-state index contributed by atoms with van der Waals surface area (Å²) in [5.41, 5.74) is 1.18. The number of pyridine rings is 1. The van der Waals surface area contributed by atoms with Gasteiger partial charge < -0.3 is 4.74 Å². The second-order valence-electron chi connectivity index (χ2n) is 3.08. The van der Waals surface area contributed by atoms with Gasteiger partial charge in [-0.3, -0.25) is 0 Å². The monoisotopic (exact) mass is 259 g/mol. The van der Waals surface area contributed by atoms with Crippen LogP contribution in [-0.4, -0.2) is 23.4 Å². The predicted octanol–water partition coefficient (Wildman–Crippen LogP) is 2.64.